The van der Waals surface area contributed by atoms with Crippen LogP contribution in [0.2, 0.25) is 0 Å². The molecule has 0 aliphatic carbocycles. The highest BCUT2D eigenvalue weighted by molar-refractivity contribution is 5.77. The molecule has 2 N–H and O–H groups in total. The third-order valence-corrected chi connectivity index (χ3v) is 1.05. The van der Waals surface area contributed by atoms with Crippen molar-refractivity contribution in [1.29, 1.82) is 0 Å². The van der Waals surface area contributed by atoms with Gasteiger partial charge >= 0.3 is 6.09 Å². The van der Waals surface area contributed by atoms with Gasteiger partial charge in [-0.15, -0.1) is 0 Å². The number of rotatable bonds is 2. The van der Waals surface area contributed by atoms with Gasteiger partial charge in [-0.1, -0.05) is 5.16 Å². The number of H-pyrrole nitrogens is 1. The summed E-state index contributed by atoms with van der Waals surface area (Å²) in [4.78, 5) is 14.8. The van der Waals surface area contributed by atoms with Crippen LogP contribution in [0, 0.1) is 0 Å². The highest BCUT2D eigenvalue weighted by Gasteiger charge is 1.93. The molecule has 0 aromatic carbocycles. The van der Waals surface area contributed by atoms with Gasteiger partial charge in [0.05, 0.1) is 6.21 Å². The van der Waals surface area contributed by atoms with Gasteiger partial charge < -0.3 is 5.32 Å². The molecule has 0 fully saturated rings. The number of aromatic amines is 1. The number of aromatic nitrogens is 2. The quantitative estimate of drug-likeness (QED) is 0.373. The van der Waals surface area contributed by atoms with E-state index in [2.05, 4.69) is 25.5 Å². The van der Waals surface area contributed by atoms with E-state index in [9.17, 15) is 4.79 Å². The molecule has 12 heavy (non-hydrogen) atoms. The fourth-order valence-corrected chi connectivity index (χ4v) is 0.517. The predicted octanol–water partition coefficient (Wildman–Crippen LogP) is 0.0996. The fraction of sp³-hybridized carbons (Fsp3) is 0.167. The maximum absolute atomic E-state index is 10.5. The SMILES string of the molecule is CNC(=O)ON=Cc1cc[nH]n1. The maximum Gasteiger partial charge on any atom is 0.433 e. The van der Waals surface area contributed by atoms with E-state index >= 15 is 0 Å². The average Bonchev–Trinajstić information content (AvgIpc) is 2.57. The van der Waals surface area contributed by atoms with Crippen LogP contribution >= 0.6 is 0 Å². The minimum Gasteiger partial charge on any atom is -0.323 e. The third kappa shape index (κ3) is 2.41. The Bertz CT molecular complexity index is 267. The number of carbonyl (C=O) groups is 1. The van der Waals surface area contributed by atoms with Crippen molar-refractivity contribution in [2.24, 2.45) is 5.16 Å². The molecule has 0 radical (unpaired) electrons. The first-order valence-corrected chi connectivity index (χ1v) is 3.25. The summed E-state index contributed by atoms with van der Waals surface area (Å²) in [6, 6.07) is 1.69. The van der Waals surface area contributed by atoms with Crippen LogP contribution in [0.25, 0.3) is 0 Å². The molecule has 6 heteroatoms. The topological polar surface area (TPSA) is 79.4 Å². The van der Waals surface area contributed by atoms with E-state index in [1.165, 1.54) is 13.3 Å². The molecule has 0 atom stereocenters. The molecule has 0 saturated carbocycles. The minimum atomic E-state index is -0.609. The Kier molecular flexibility index (Phi) is 2.83. The summed E-state index contributed by atoms with van der Waals surface area (Å²) < 4.78 is 0. The Morgan fingerprint density at radius 3 is 3.33 bits per heavy atom. The van der Waals surface area contributed by atoms with Crippen LogP contribution in [0.15, 0.2) is 17.4 Å². The highest BCUT2D eigenvalue weighted by Crippen LogP contribution is 1.86. The van der Waals surface area contributed by atoms with Crippen molar-refractivity contribution in [3.63, 3.8) is 0 Å². The van der Waals surface area contributed by atoms with E-state index in [1.807, 2.05) is 0 Å². The highest BCUT2D eigenvalue weighted by atomic mass is 16.7. The number of oxime groups is 1. The summed E-state index contributed by atoms with van der Waals surface area (Å²) in [6.45, 7) is 0. The summed E-state index contributed by atoms with van der Waals surface area (Å²) in [5.41, 5.74) is 0.596. The van der Waals surface area contributed by atoms with Crippen LogP contribution in [-0.2, 0) is 4.84 Å². The zero-order chi connectivity index (χ0) is 8.81. The predicted molar refractivity (Wildman–Crippen MR) is 41.7 cm³/mol. The van der Waals surface area contributed by atoms with Crippen molar-refractivity contribution in [3.8, 4) is 0 Å². The van der Waals surface area contributed by atoms with E-state index < -0.39 is 6.09 Å². The molecule has 1 rings (SSSR count). The lowest BCUT2D eigenvalue weighted by Gasteiger charge is -1.91. The van der Waals surface area contributed by atoms with Crippen molar-refractivity contribution in [2.45, 2.75) is 0 Å². The van der Waals surface area contributed by atoms with Gasteiger partial charge in [-0.05, 0) is 6.07 Å². The van der Waals surface area contributed by atoms with Crippen LogP contribution < -0.4 is 5.32 Å². The zero-order valence-electron chi connectivity index (χ0n) is 6.44. The van der Waals surface area contributed by atoms with Gasteiger partial charge in [0, 0.05) is 13.2 Å². The molecule has 0 bridgehead atoms. The molecule has 0 unspecified atom stereocenters. The molecule has 0 saturated heterocycles. The molecule has 6 nitrogen and oxygen atoms in total. The maximum atomic E-state index is 10.5. The van der Waals surface area contributed by atoms with E-state index in [4.69, 9.17) is 0 Å². The molecular formula is C6H8N4O2. The molecule has 1 heterocycles. The number of nitrogens with zero attached hydrogens (tertiary/aromatic N) is 2. The van der Waals surface area contributed by atoms with Gasteiger partial charge in [0.2, 0.25) is 0 Å². The fourth-order valence-electron chi connectivity index (χ4n) is 0.517. The number of hydrogen-bond acceptors (Lipinski definition) is 4. The van der Waals surface area contributed by atoms with Crippen LogP contribution in [0.4, 0.5) is 4.79 Å². The molecule has 1 aromatic rings. The Balaban J connectivity index is 2.37. The normalized spacial score (nSPS) is 10.1. The number of nitrogens with one attached hydrogen (secondary N) is 2. The first-order valence-electron chi connectivity index (χ1n) is 3.25. The number of amides is 1. The Labute approximate surface area is 68.6 Å². The van der Waals surface area contributed by atoms with Crippen molar-refractivity contribution < 1.29 is 9.63 Å². The van der Waals surface area contributed by atoms with E-state index in [0.717, 1.165) is 0 Å². The Morgan fingerprint density at radius 1 is 1.92 bits per heavy atom. The van der Waals surface area contributed by atoms with Crippen molar-refractivity contribution in [2.75, 3.05) is 7.05 Å². The van der Waals surface area contributed by atoms with Crippen LogP contribution in [0.5, 0.6) is 0 Å². The molecule has 0 aliphatic rings. The lowest BCUT2D eigenvalue weighted by atomic mass is 10.5. The summed E-state index contributed by atoms with van der Waals surface area (Å²) in [6.07, 6.45) is 2.36. The van der Waals surface area contributed by atoms with Gasteiger partial charge in [-0.2, -0.15) is 5.10 Å². The monoisotopic (exact) mass is 168 g/mol. The Hall–Kier alpha value is -1.85. The number of hydrogen-bond donors (Lipinski definition) is 2. The second kappa shape index (κ2) is 4.12. The van der Waals surface area contributed by atoms with Crippen molar-refractivity contribution >= 4 is 12.3 Å². The van der Waals surface area contributed by atoms with Gasteiger partial charge in [-0.3, -0.25) is 9.94 Å². The Morgan fingerprint density at radius 2 is 2.75 bits per heavy atom. The third-order valence-electron chi connectivity index (χ3n) is 1.05. The van der Waals surface area contributed by atoms with Gasteiger partial charge in [0.15, 0.2) is 0 Å². The smallest absolute Gasteiger partial charge is 0.323 e. The molecule has 64 valence electrons. The summed E-state index contributed by atoms with van der Waals surface area (Å²) in [7, 11) is 1.45. The second-order valence-corrected chi connectivity index (χ2v) is 1.86. The summed E-state index contributed by atoms with van der Waals surface area (Å²) in [5.74, 6) is 0. The molecular weight excluding hydrogens is 160 g/mol. The largest absolute Gasteiger partial charge is 0.433 e. The molecule has 1 aromatic heterocycles. The van der Waals surface area contributed by atoms with Crippen molar-refractivity contribution in [1.82, 2.24) is 15.5 Å². The van der Waals surface area contributed by atoms with Gasteiger partial charge in [-0.25, -0.2) is 4.79 Å². The summed E-state index contributed by atoms with van der Waals surface area (Å²) >= 11 is 0. The first kappa shape index (κ1) is 8.25. The van der Waals surface area contributed by atoms with Crippen LogP contribution in [-0.4, -0.2) is 29.6 Å². The van der Waals surface area contributed by atoms with E-state index in [-0.39, 0.29) is 0 Å². The van der Waals surface area contributed by atoms with E-state index in [1.54, 1.807) is 12.3 Å². The molecule has 1 amide bonds. The minimum absolute atomic E-state index is 0.596. The summed E-state index contributed by atoms with van der Waals surface area (Å²) in [5, 5.41) is 11.9. The average molecular weight is 168 g/mol. The van der Waals surface area contributed by atoms with E-state index in [0.29, 0.717) is 5.69 Å². The number of carbonyl (C=O) groups excluding carboxylic acids is 1. The zero-order valence-corrected chi connectivity index (χ0v) is 6.44. The lowest BCUT2D eigenvalue weighted by Crippen LogP contribution is -2.16. The lowest BCUT2D eigenvalue weighted by molar-refractivity contribution is 0.154. The first-order chi connectivity index (χ1) is 5.83. The van der Waals surface area contributed by atoms with Gasteiger partial charge in [0.1, 0.15) is 5.69 Å². The molecule has 0 spiro atoms. The second-order valence-electron chi connectivity index (χ2n) is 1.86. The van der Waals surface area contributed by atoms with Crippen molar-refractivity contribution in [3.05, 3.63) is 18.0 Å². The van der Waals surface area contributed by atoms with Crippen LogP contribution in [0.1, 0.15) is 5.69 Å². The van der Waals surface area contributed by atoms with Gasteiger partial charge in [0.25, 0.3) is 0 Å². The standard InChI is InChI=1S/C6H8N4O2/c1-7-6(11)12-9-4-5-2-3-8-10-5/h2-4H,1H3,(H,7,11)(H,8,10). The van der Waals surface area contributed by atoms with Crippen LogP contribution in [0.3, 0.4) is 0 Å². The molecule has 0 aliphatic heterocycles.